The summed E-state index contributed by atoms with van der Waals surface area (Å²) in [6.45, 7) is 2.52. The Labute approximate surface area is 128 Å². The van der Waals surface area contributed by atoms with Crippen molar-refractivity contribution >= 4 is 12.6 Å². The fourth-order valence-corrected chi connectivity index (χ4v) is 6.63. The lowest BCUT2D eigenvalue weighted by molar-refractivity contribution is 0.0398. The molecule has 20 heavy (non-hydrogen) atoms. The van der Waals surface area contributed by atoms with Crippen LogP contribution in [-0.4, -0.2) is 16.5 Å². The molecule has 0 aromatic rings. The van der Waals surface area contributed by atoms with Crippen molar-refractivity contribution in [1.82, 2.24) is 0 Å². The Morgan fingerprint density at radius 3 is 2.80 bits per heavy atom. The van der Waals surface area contributed by atoms with Gasteiger partial charge in [0.25, 0.3) is 0 Å². The number of thiol groups is 1. The number of hydrogen-bond donors (Lipinski definition) is 2. The second kappa shape index (κ2) is 4.78. The maximum atomic E-state index is 9.93. The van der Waals surface area contributed by atoms with Crippen molar-refractivity contribution in [3.05, 3.63) is 11.1 Å². The largest absolute Gasteiger partial charge is 0.393 e. The molecule has 0 aliphatic heterocycles. The molecule has 4 rings (SSSR count). The van der Waals surface area contributed by atoms with Crippen LogP contribution in [0.4, 0.5) is 0 Å². The Morgan fingerprint density at radius 2 is 1.95 bits per heavy atom. The lowest BCUT2D eigenvalue weighted by Crippen LogP contribution is -2.44. The summed E-state index contributed by atoms with van der Waals surface area (Å²) in [5.41, 5.74) is 3.95. The molecule has 1 N–H and O–H groups in total. The van der Waals surface area contributed by atoms with E-state index in [9.17, 15) is 5.11 Å². The van der Waals surface area contributed by atoms with Gasteiger partial charge in [-0.3, -0.25) is 0 Å². The average molecular weight is 292 g/mol. The molecule has 0 unspecified atom stereocenters. The molecule has 4 aliphatic rings. The molecule has 2 fully saturated rings. The van der Waals surface area contributed by atoms with Crippen molar-refractivity contribution in [2.75, 3.05) is 0 Å². The predicted molar refractivity (Wildman–Crippen MR) is 85.9 cm³/mol. The van der Waals surface area contributed by atoms with Crippen LogP contribution in [0.3, 0.4) is 0 Å². The first kappa shape index (κ1) is 13.7. The lowest BCUT2D eigenvalue weighted by atomic mass is 9.54. The Bertz CT molecular complexity index is 443. The van der Waals surface area contributed by atoms with Gasteiger partial charge in [0.1, 0.15) is 0 Å². The van der Waals surface area contributed by atoms with Gasteiger partial charge in [-0.05, 0) is 81.0 Å². The molecular weight excluding hydrogens is 264 g/mol. The molecule has 4 aliphatic carbocycles. The number of allylic oxidation sites excluding steroid dienone is 1. The molecule has 0 amide bonds. The van der Waals surface area contributed by atoms with Crippen molar-refractivity contribution in [1.29, 1.82) is 0 Å². The van der Waals surface area contributed by atoms with E-state index in [0.717, 1.165) is 30.6 Å². The standard InChI is InChI=1S/C18H28OS/c1-18-9-8-14-13-5-3-12(19)10-11(13)2-4-15(14)16(18)6-7-17(18)20/h12,14-17,19-20H,2-10H2,1H3/t12-,14+,15+,16-,17-,18-/m0/s1. The van der Waals surface area contributed by atoms with Gasteiger partial charge in [-0.15, -0.1) is 0 Å². The fraction of sp³-hybridized carbons (Fsp3) is 0.889. The molecule has 0 bridgehead atoms. The molecule has 0 radical (unpaired) electrons. The predicted octanol–water partition coefficient (Wildman–Crippen LogP) is 4.36. The molecule has 2 saturated carbocycles. The summed E-state index contributed by atoms with van der Waals surface area (Å²) in [5, 5.41) is 10.6. The van der Waals surface area contributed by atoms with Crippen molar-refractivity contribution in [2.24, 2.45) is 23.2 Å². The molecule has 1 nitrogen and oxygen atoms in total. The van der Waals surface area contributed by atoms with Gasteiger partial charge in [-0.1, -0.05) is 18.1 Å². The molecule has 0 aromatic carbocycles. The number of aliphatic hydroxyl groups excluding tert-OH is 1. The molecule has 0 aromatic heterocycles. The van der Waals surface area contributed by atoms with Gasteiger partial charge in [0, 0.05) is 5.25 Å². The molecule has 0 heterocycles. The summed E-state index contributed by atoms with van der Waals surface area (Å²) in [6.07, 6.45) is 11.3. The van der Waals surface area contributed by atoms with E-state index in [1.165, 1.54) is 44.9 Å². The van der Waals surface area contributed by atoms with Gasteiger partial charge >= 0.3 is 0 Å². The summed E-state index contributed by atoms with van der Waals surface area (Å²) >= 11 is 4.92. The van der Waals surface area contributed by atoms with E-state index in [4.69, 9.17) is 12.6 Å². The minimum Gasteiger partial charge on any atom is -0.393 e. The third-order valence-corrected chi connectivity index (χ3v) is 8.15. The highest BCUT2D eigenvalue weighted by Gasteiger charge is 2.54. The molecule has 6 atom stereocenters. The van der Waals surface area contributed by atoms with E-state index in [1.807, 2.05) is 0 Å². The zero-order valence-corrected chi connectivity index (χ0v) is 13.5. The SMILES string of the molecule is C[C@]12CC[C@@H]3C4=C(CC[C@H]3[C@@H]1CC[C@@H]2S)C[C@@H](O)CC4. The van der Waals surface area contributed by atoms with Crippen molar-refractivity contribution < 1.29 is 5.11 Å². The first-order valence-electron chi connectivity index (χ1n) is 8.66. The number of hydrogen-bond acceptors (Lipinski definition) is 2. The van der Waals surface area contributed by atoms with E-state index in [0.29, 0.717) is 10.7 Å². The van der Waals surface area contributed by atoms with Crippen LogP contribution in [0.2, 0.25) is 0 Å². The van der Waals surface area contributed by atoms with Crippen LogP contribution in [0.1, 0.15) is 64.7 Å². The summed E-state index contributed by atoms with van der Waals surface area (Å²) in [7, 11) is 0. The molecule has 0 spiro atoms. The first-order chi connectivity index (χ1) is 9.59. The Hall–Kier alpha value is 0.0500. The highest BCUT2D eigenvalue weighted by atomic mass is 32.1. The van der Waals surface area contributed by atoms with Gasteiger partial charge in [0.05, 0.1) is 6.10 Å². The fourth-order valence-electron chi connectivity index (χ4n) is 6.16. The molecule has 0 saturated heterocycles. The van der Waals surface area contributed by atoms with Crippen LogP contribution in [0.15, 0.2) is 11.1 Å². The summed E-state index contributed by atoms with van der Waals surface area (Å²) in [5.74, 6) is 2.72. The maximum Gasteiger partial charge on any atom is 0.0580 e. The van der Waals surface area contributed by atoms with Crippen LogP contribution < -0.4 is 0 Å². The summed E-state index contributed by atoms with van der Waals surface area (Å²) < 4.78 is 0. The smallest absolute Gasteiger partial charge is 0.0580 e. The van der Waals surface area contributed by atoms with Crippen molar-refractivity contribution in [3.8, 4) is 0 Å². The molecule has 112 valence electrons. The number of aliphatic hydroxyl groups is 1. The minimum absolute atomic E-state index is 0.0486. The Balaban J connectivity index is 1.64. The zero-order chi connectivity index (χ0) is 13.9. The van der Waals surface area contributed by atoms with E-state index in [-0.39, 0.29) is 6.10 Å². The first-order valence-corrected chi connectivity index (χ1v) is 9.18. The quantitative estimate of drug-likeness (QED) is 0.502. The number of fused-ring (bicyclic) bond motifs is 4. The summed E-state index contributed by atoms with van der Waals surface area (Å²) in [6, 6.07) is 0. The second-order valence-electron chi connectivity index (χ2n) is 8.08. The Kier molecular flexibility index (Phi) is 3.27. The van der Waals surface area contributed by atoms with Crippen molar-refractivity contribution in [3.63, 3.8) is 0 Å². The van der Waals surface area contributed by atoms with Gasteiger partial charge in [0.15, 0.2) is 0 Å². The minimum atomic E-state index is -0.0486. The van der Waals surface area contributed by atoms with Gasteiger partial charge in [-0.25, -0.2) is 0 Å². The van der Waals surface area contributed by atoms with Crippen LogP contribution in [0, 0.1) is 23.2 Å². The van der Waals surface area contributed by atoms with Gasteiger partial charge in [0.2, 0.25) is 0 Å². The topological polar surface area (TPSA) is 20.2 Å². The van der Waals surface area contributed by atoms with Crippen LogP contribution in [0.5, 0.6) is 0 Å². The highest BCUT2D eigenvalue weighted by Crippen LogP contribution is 2.62. The molecule has 2 heteroatoms. The molecular formula is C18H28OS. The van der Waals surface area contributed by atoms with E-state index >= 15 is 0 Å². The van der Waals surface area contributed by atoms with Gasteiger partial charge in [-0.2, -0.15) is 12.6 Å². The highest BCUT2D eigenvalue weighted by molar-refractivity contribution is 7.81. The summed E-state index contributed by atoms with van der Waals surface area (Å²) in [4.78, 5) is 0. The zero-order valence-electron chi connectivity index (χ0n) is 12.6. The maximum absolute atomic E-state index is 9.93. The van der Waals surface area contributed by atoms with E-state index < -0.39 is 0 Å². The van der Waals surface area contributed by atoms with Gasteiger partial charge < -0.3 is 5.11 Å². The third kappa shape index (κ3) is 1.86. The third-order valence-electron chi connectivity index (χ3n) is 7.30. The van der Waals surface area contributed by atoms with Crippen molar-refractivity contribution in [2.45, 2.75) is 76.1 Å². The van der Waals surface area contributed by atoms with E-state index in [1.54, 1.807) is 11.1 Å². The number of rotatable bonds is 0. The van der Waals surface area contributed by atoms with E-state index in [2.05, 4.69) is 6.92 Å². The van der Waals surface area contributed by atoms with Crippen LogP contribution in [-0.2, 0) is 0 Å². The van der Waals surface area contributed by atoms with Crippen LogP contribution in [0.25, 0.3) is 0 Å². The normalized spacial score (nSPS) is 51.5. The Morgan fingerprint density at radius 1 is 1.10 bits per heavy atom. The lowest BCUT2D eigenvalue weighted by Gasteiger charge is -2.52. The second-order valence-corrected chi connectivity index (χ2v) is 8.70. The average Bonchev–Trinajstić information content (AvgIpc) is 2.74. The monoisotopic (exact) mass is 292 g/mol. The van der Waals surface area contributed by atoms with Crippen LogP contribution >= 0.6 is 12.6 Å².